The number of benzene rings is 1. The van der Waals surface area contributed by atoms with E-state index in [1.54, 1.807) is 4.57 Å². The Labute approximate surface area is 172 Å². The number of nitrogens with one attached hydrogen (secondary N) is 1. The second-order valence-electron chi connectivity index (χ2n) is 6.09. The Kier molecular flexibility index (Phi) is 6.46. The van der Waals surface area contributed by atoms with Crippen LogP contribution < -0.4 is 9.46 Å². The van der Waals surface area contributed by atoms with Gasteiger partial charge in [-0.25, -0.2) is 17.5 Å². The smallest absolute Gasteiger partial charge is 0.316 e. The highest BCUT2D eigenvalue weighted by molar-refractivity contribution is 7.89. The van der Waals surface area contributed by atoms with E-state index in [1.807, 2.05) is 6.92 Å². The number of methoxy groups -OCH3 is 1. The van der Waals surface area contributed by atoms with Gasteiger partial charge in [0.25, 0.3) is 0 Å². The van der Waals surface area contributed by atoms with Crippen LogP contribution >= 0.6 is 11.6 Å². The second kappa shape index (κ2) is 8.85. The zero-order valence-corrected chi connectivity index (χ0v) is 17.3. The molecular formula is C18H19ClFN5O3S. The fraction of sp³-hybridized carbons (Fsp3) is 0.278. The van der Waals surface area contributed by atoms with Crippen molar-refractivity contribution in [3.8, 4) is 6.01 Å². The van der Waals surface area contributed by atoms with Gasteiger partial charge in [-0.1, -0.05) is 16.7 Å². The summed E-state index contributed by atoms with van der Waals surface area (Å²) in [7, 11) is -2.45. The van der Waals surface area contributed by atoms with E-state index in [0.717, 1.165) is 6.20 Å². The molecule has 0 fully saturated rings. The molecule has 2 aromatic heterocycles. The van der Waals surface area contributed by atoms with Crippen LogP contribution in [0.25, 0.3) is 0 Å². The summed E-state index contributed by atoms with van der Waals surface area (Å²) in [6.07, 6.45) is 1.21. The Morgan fingerprint density at radius 2 is 1.93 bits per heavy atom. The van der Waals surface area contributed by atoms with Crippen LogP contribution in [0.3, 0.4) is 0 Å². The van der Waals surface area contributed by atoms with Crippen molar-refractivity contribution in [2.75, 3.05) is 7.11 Å². The standard InChI is InChI=1S/C18H19ClFN5O3S/c1-3-25-17(22-23-18(25)28-2)16(10-14-7-6-13(20)11-21-14)24-29(26,27)15-8-4-12(19)5-9-15/h4-9,11,16,24H,3,10H2,1-2H3. The van der Waals surface area contributed by atoms with E-state index in [1.165, 1.54) is 43.5 Å². The number of pyridine rings is 1. The van der Waals surface area contributed by atoms with Gasteiger partial charge in [-0.15, -0.1) is 5.10 Å². The minimum absolute atomic E-state index is 0.0495. The van der Waals surface area contributed by atoms with Crippen LogP contribution in [-0.2, 0) is 23.0 Å². The Hall–Kier alpha value is -2.56. The average molecular weight is 440 g/mol. The van der Waals surface area contributed by atoms with Crippen molar-refractivity contribution in [3.63, 3.8) is 0 Å². The first kappa shape index (κ1) is 21.2. The highest BCUT2D eigenvalue weighted by Crippen LogP contribution is 2.23. The number of sulfonamides is 1. The molecule has 1 atom stereocenters. The van der Waals surface area contributed by atoms with Gasteiger partial charge in [0.1, 0.15) is 5.82 Å². The van der Waals surface area contributed by atoms with Crippen LogP contribution in [0.5, 0.6) is 6.01 Å². The summed E-state index contributed by atoms with van der Waals surface area (Å²) >= 11 is 5.85. The Bertz CT molecular complexity index is 1070. The number of halogens is 2. The highest BCUT2D eigenvalue weighted by atomic mass is 35.5. The summed E-state index contributed by atoms with van der Waals surface area (Å²) in [4.78, 5) is 4.07. The molecule has 3 aromatic rings. The first-order valence-electron chi connectivity index (χ1n) is 8.69. The lowest BCUT2D eigenvalue weighted by molar-refractivity contribution is 0.354. The van der Waals surface area contributed by atoms with Crippen LogP contribution in [0.1, 0.15) is 24.5 Å². The van der Waals surface area contributed by atoms with Crippen molar-refractivity contribution in [1.82, 2.24) is 24.5 Å². The zero-order valence-electron chi connectivity index (χ0n) is 15.7. The third kappa shape index (κ3) is 4.89. The van der Waals surface area contributed by atoms with Gasteiger partial charge in [-0.05, 0) is 43.3 Å². The van der Waals surface area contributed by atoms with Gasteiger partial charge < -0.3 is 4.74 Å². The molecule has 0 radical (unpaired) electrons. The van der Waals surface area contributed by atoms with Gasteiger partial charge in [0, 0.05) is 23.7 Å². The minimum atomic E-state index is -3.91. The topological polar surface area (TPSA) is 99.0 Å². The van der Waals surface area contributed by atoms with Crippen molar-refractivity contribution in [1.29, 1.82) is 0 Å². The first-order valence-corrected chi connectivity index (χ1v) is 10.6. The number of nitrogens with zero attached hydrogens (tertiary/aromatic N) is 4. The van der Waals surface area contributed by atoms with Crippen LogP contribution in [0.4, 0.5) is 4.39 Å². The Morgan fingerprint density at radius 1 is 1.21 bits per heavy atom. The molecule has 1 aromatic carbocycles. The third-order valence-electron chi connectivity index (χ3n) is 4.18. The molecule has 29 heavy (non-hydrogen) atoms. The molecule has 1 N–H and O–H groups in total. The van der Waals surface area contributed by atoms with Crippen LogP contribution in [0, 0.1) is 5.82 Å². The normalized spacial score (nSPS) is 12.7. The summed E-state index contributed by atoms with van der Waals surface area (Å²) in [5.74, 6) is -0.126. The van der Waals surface area contributed by atoms with E-state index < -0.39 is 21.9 Å². The molecular weight excluding hydrogens is 421 g/mol. The summed E-state index contributed by atoms with van der Waals surface area (Å²) < 4.78 is 48.5. The lowest BCUT2D eigenvalue weighted by Crippen LogP contribution is -2.32. The molecule has 0 spiro atoms. The van der Waals surface area contributed by atoms with E-state index in [-0.39, 0.29) is 17.3 Å². The number of hydrogen-bond acceptors (Lipinski definition) is 6. The molecule has 8 nitrogen and oxygen atoms in total. The quantitative estimate of drug-likeness (QED) is 0.579. The van der Waals surface area contributed by atoms with Crippen LogP contribution in [0.2, 0.25) is 5.02 Å². The van der Waals surface area contributed by atoms with Crippen LogP contribution in [0.15, 0.2) is 47.5 Å². The summed E-state index contributed by atoms with van der Waals surface area (Å²) in [6, 6.07) is 7.98. The molecule has 0 saturated carbocycles. The van der Waals surface area contributed by atoms with Crippen molar-refractivity contribution in [2.24, 2.45) is 0 Å². The second-order valence-corrected chi connectivity index (χ2v) is 8.24. The molecule has 2 heterocycles. The summed E-state index contributed by atoms with van der Waals surface area (Å²) in [5.41, 5.74) is 0.486. The summed E-state index contributed by atoms with van der Waals surface area (Å²) in [5, 5.41) is 8.48. The molecule has 1 unspecified atom stereocenters. The fourth-order valence-corrected chi connectivity index (χ4v) is 4.12. The maximum atomic E-state index is 13.2. The molecule has 0 bridgehead atoms. The van der Waals surface area contributed by atoms with Crippen molar-refractivity contribution >= 4 is 21.6 Å². The van der Waals surface area contributed by atoms with Gasteiger partial charge in [0.2, 0.25) is 10.0 Å². The van der Waals surface area contributed by atoms with Crippen molar-refractivity contribution in [3.05, 3.63) is 65.0 Å². The minimum Gasteiger partial charge on any atom is -0.467 e. The van der Waals surface area contributed by atoms with Crippen LogP contribution in [-0.4, -0.2) is 35.3 Å². The van der Waals surface area contributed by atoms with Gasteiger partial charge in [0.05, 0.1) is 24.2 Å². The van der Waals surface area contributed by atoms with E-state index in [9.17, 15) is 12.8 Å². The molecule has 0 aliphatic rings. The third-order valence-corrected chi connectivity index (χ3v) is 5.92. The number of ether oxygens (including phenoxy) is 1. The molecule has 154 valence electrons. The summed E-state index contributed by atoms with van der Waals surface area (Å²) in [6.45, 7) is 2.32. The largest absolute Gasteiger partial charge is 0.467 e. The molecule has 0 aliphatic carbocycles. The first-order chi connectivity index (χ1) is 13.8. The molecule has 3 rings (SSSR count). The molecule has 0 saturated heterocycles. The van der Waals surface area contributed by atoms with E-state index in [0.29, 0.717) is 23.1 Å². The molecule has 0 amide bonds. The SMILES string of the molecule is CCn1c(OC)nnc1C(Cc1ccc(F)cn1)NS(=O)(=O)c1ccc(Cl)cc1. The van der Waals surface area contributed by atoms with Crippen molar-refractivity contribution < 1.29 is 17.5 Å². The van der Waals surface area contributed by atoms with Gasteiger partial charge in [-0.3, -0.25) is 9.55 Å². The van der Waals surface area contributed by atoms with Gasteiger partial charge in [0.15, 0.2) is 5.82 Å². The zero-order chi connectivity index (χ0) is 21.0. The monoisotopic (exact) mass is 439 g/mol. The lowest BCUT2D eigenvalue weighted by atomic mass is 10.1. The predicted molar refractivity (Wildman–Crippen MR) is 105 cm³/mol. The molecule has 11 heteroatoms. The van der Waals surface area contributed by atoms with Gasteiger partial charge in [-0.2, -0.15) is 0 Å². The predicted octanol–water partition coefficient (Wildman–Crippen LogP) is 2.76. The van der Waals surface area contributed by atoms with Gasteiger partial charge >= 0.3 is 6.01 Å². The molecule has 0 aliphatic heterocycles. The van der Waals surface area contributed by atoms with E-state index >= 15 is 0 Å². The Morgan fingerprint density at radius 3 is 2.52 bits per heavy atom. The number of hydrogen-bond donors (Lipinski definition) is 1. The Balaban J connectivity index is 1.99. The fourth-order valence-electron chi connectivity index (χ4n) is 2.80. The average Bonchev–Trinajstić information content (AvgIpc) is 3.12. The number of aromatic nitrogens is 4. The maximum absolute atomic E-state index is 13.2. The van der Waals surface area contributed by atoms with E-state index in [4.69, 9.17) is 16.3 Å². The van der Waals surface area contributed by atoms with Crippen molar-refractivity contribution in [2.45, 2.75) is 30.8 Å². The maximum Gasteiger partial charge on any atom is 0.316 e. The van der Waals surface area contributed by atoms with E-state index in [2.05, 4.69) is 19.9 Å². The lowest BCUT2D eigenvalue weighted by Gasteiger charge is -2.19. The highest BCUT2D eigenvalue weighted by Gasteiger charge is 2.27. The number of rotatable bonds is 8.